The maximum absolute atomic E-state index is 2.52. The van der Waals surface area contributed by atoms with Crippen molar-refractivity contribution in [1.82, 2.24) is 4.57 Å². The molecule has 0 radical (unpaired) electrons. The van der Waals surface area contributed by atoms with E-state index in [1.807, 2.05) is 0 Å². The van der Waals surface area contributed by atoms with Crippen molar-refractivity contribution in [2.24, 2.45) is 0 Å². The first kappa shape index (κ1) is 35.0. The smallest absolute Gasteiger partial charge is 1.00 e. The summed E-state index contributed by atoms with van der Waals surface area (Å²) in [5, 5.41) is 1.71. The zero-order valence-electron chi connectivity index (χ0n) is 27.0. The molecule has 0 saturated heterocycles. The number of hydrogen-bond acceptors (Lipinski definition) is 0. The van der Waals surface area contributed by atoms with E-state index in [9.17, 15) is 0 Å². The molecule has 2 atom stereocenters. The molecule has 3 aromatic carbocycles. The number of fused-ring (bicyclic) bond motifs is 1. The number of aryl methyl sites for hydroxylation is 2. The van der Waals surface area contributed by atoms with E-state index >= 15 is 0 Å². The fourth-order valence-electron chi connectivity index (χ4n) is 7.83. The number of unbranched alkanes of at least 4 members (excludes halogenated alkanes) is 3. The van der Waals surface area contributed by atoms with E-state index in [2.05, 4.69) is 130 Å². The average Bonchev–Trinajstić information content (AvgIpc) is 3.64. The number of halogens is 2. The molecule has 1 nitrogen and oxygen atoms in total. The SMILES string of the molecule is CC1=C2c3c(cc(C)n3-c3ccccc3)C1[Si]2(C)C.CCCCCCc1ccc(-c2cccc3c2C=C(C)[CH]3[Zr+2])cc1.[Cl-].[Cl-]. The zero-order chi connectivity index (χ0) is 29.6. The van der Waals surface area contributed by atoms with Gasteiger partial charge in [0, 0.05) is 22.6 Å². The quantitative estimate of drug-likeness (QED) is 0.189. The number of benzene rings is 3. The second-order valence-electron chi connectivity index (χ2n) is 13.1. The van der Waals surface area contributed by atoms with Crippen molar-refractivity contribution < 1.29 is 49.5 Å². The molecule has 0 saturated carbocycles. The molecule has 44 heavy (non-hydrogen) atoms. The summed E-state index contributed by atoms with van der Waals surface area (Å²) in [5.41, 5.74) is 16.9. The molecule has 8 rings (SSSR count). The molecule has 0 amide bonds. The molecule has 3 heterocycles. The van der Waals surface area contributed by atoms with Gasteiger partial charge in [-0.15, -0.1) is 0 Å². The van der Waals surface area contributed by atoms with Crippen LogP contribution in [0.25, 0.3) is 28.1 Å². The summed E-state index contributed by atoms with van der Waals surface area (Å²) in [6.45, 7) is 14.1. The Bertz CT molecular complexity index is 1680. The van der Waals surface area contributed by atoms with Crippen LogP contribution in [0.4, 0.5) is 0 Å². The molecule has 0 fully saturated rings. The van der Waals surface area contributed by atoms with Crippen molar-refractivity contribution in [2.75, 3.05) is 0 Å². The molecule has 0 N–H and O–H groups in total. The summed E-state index contributed by atoms with van der Waals surface area (Å²) in [6.07, 6.45) is 8.95. The third kappa shape index (κ3) is 6.12. The molecule has 4 aliphatic rings. The molecular formula is C39H44Cl2NSiZr. The predicted octanol–water partition coefficient (Wildman–Crippen LogP) is 4.95. The molecule has 2 bridgehead atoms. The van der Waals surface area contributed by atoms with Gasteiger partial charge in [-0.05, 0) is 42.8 Å². The van der Waals surface area contributed by atoms with Crippen LogP contribution in [0.15, 0.2) is 90.0 Å². The Morgan fingerprint density at radius 1 is 0.795 bits per heavy atom. The molecule has 2 aliphatic carbocycles. The number of allylic oxidation sites excluding steroid dienone is 2. The third-order valence-electron chi connectivity index (χ3n) is 9.83. The minimum atomic E-state index is -1.19. The van der Waals surface area contributed by atoms with E-state index < -0.39 is 8.07 Å². The van der Waals surface area contributed by atoms with Gasteiger partial charge in [-0.25, -0.2) is 0 Å². The number of aromatic nitrogens is 1. The molecule has 2 unspecified atom stereocenters. The van der Waals surface area contributed by atoms with E-state index in [4.69, 9.17) is 0 Å². The van der Waals surface area contributed by atoms with Gasteiger partial charge in [0.15, 0.2) is 0 Å². The van der Waals surface area contributed by atoms with Gasteiger partial charge in [0.2, 0.25) is 0 Å². The van der Waals surface area contributed by atoms with Crippen LogP contribution in [0, 0.1) is 6.92 Å². The van der Waals surface area contributed by atoms with E-state index in [-0.39, 0.29) is 24.8 Å². The summed E-state index contributed by atoms with van der Waals surface area (Å²) in [4.78, 5) is 0. The fourth-order valence-corrected chi connectivity index (χ4v) is 13.0. The molecule has 227 valence electrons. The van der Waals surface area contributed by atoms with Crippen LogP contribution >= 0.6 is 0 Å². The van der Waals surface area contributed by atoms with Gasteiger partial charge in [0.25, 0.3) is 0 Å². The van der Waals surface area contributed by atoms with Crippen LogP contribution in [-0.2, 0) is 31.1 Å². The molecule has 4 aromatic rings. The minimum Gasteiger partial charge on any atom is -1.00 e. The van der Waals surface area contributed by atoms with Crippen molar-refractivity contribution >= 4 is 19.3 Å². The molecule has 0 spiro atoms. The van der Waals surface area contributed by atoms with Crippen molar-refractivity contribution in [2.45, 2.75) is 82.1 Å². The van der Waals surface area contributed by atoms with Crippen LogP contribution in [0.1, 0.15) is 89.3 Å². The summed E-state index contributed by atoms with van der Waals surface area (Å²) in [5.74, 6) is 0. The zero-order valence-corrected chi connectivity index (χ0v) is 31.9. The Labute approximate surface area is 293 Å². The van der Waals surface area contributed by atoms with Gasteiger partial charge in [-0.2, -0.15) is 0 Å². The predicted molar refractivity (Wildman–Crippen MR) is 179 cm³/mol. The van der Waals surface area contributed by atoms with Gasteiger partial charge >= 0.3 is 143 Å². The largest absolute Gasteiger partial charge is 1.00 e. The Balaban J connectivity index is 0.000000195. The Hall–Kier alpha value is -1.90. The molecular weight excluding hydrogens is 673 g/mol. The van der Waals surface area contributed by atoms with E-state index in [1.165, 1.54) is 82.6 Å². The first-order valence-electron chi connectivity index (χ1n) is 15.8. The van der Waals surface area contributed by atoms with E-state index in [1.54, 1.807) is 41.1 Å². The molecule has 5 heteroatoms. The maximum atomic E-state index is 2.52. The Morgan fingerprint density at radius 3 is 2.16 bits per heavy atom. The second-order valence-corrected chi connectivity index (χ2v) is 19.1. The van der Waals surface area contributed by atoms with Crippen LogP contribution in [0.3, 0.4) is 0 Å². The maximum Gasteiger partial charge on any atom is -1.00 e. The van der Waals surface area contributed by atoms with Crippen molar-refractivity contribution in [3.05, 3.63) is 124 Å². The topological polar surface area (TPSA) is 4.93 Å². The molecule has 2 aliphatic heterocycles. The van der Waals surface area contributed by atoms with Crippen LogP contribution in [0.5, 0.6) is 0 Å². The van der Waals surface area contributed by atoms with E-state index in [0.717, 1.165) is 5.54 Å². The van der Waals surface area contributed by atoms with Gasteiger partial charge in [-0.3, -0.25) is 0 Å². The van der Waals surface area contributed by atoms with Gasteiger partial charge in [0.1, 0.15) is 0 Å². The standard InChI is InChI=1S/C22H25.C17H19NSi.2ClH.Zr/c1-3-4-5-6-8-18-11-13-19(14-12-18)21-10-7-9-20-15-17(2)16-22(20)21;1-11-10-14-15(17-12(2)16(14)19(17,3)4)18(11)13-8-6-5-7-9-13;;;/h7,9-16H,3-6,8H2,1-2H3;5-10,16H,1-4H3;2*1H;/q;;;;+2/p-2. The normalized spacial score (nSPS) is 18.2. The second kappa shape index (κ2) is 14.3. The van der Waals surface area contributed by atoms with E-state index in [0.29, 0.717) is 3.63 Å². The minimum absolute atomic E-state index is 0. The number of nitrogens with zero attached hydrogens (tertiary/aromatic N) is 1. The molecule has 1 aromatic heterocycles. The van der Waals surface area contributed by atoms with Crippen LogP contribution < -0.4 is 24.8 Å². The summed E-state index contributed by atoms with van der Waals surface area (Å²) >= 11 is 1.59. The van der Waals surface area contributed by atoms with Gasteiger partial charge < -0.3 is 29.4 Å². The monoisotopic (exact) mass is 714 g/mol. The average molecular weight is 717 g/mol. The first-order chi connectivity index (χ1) is 20.2. The van der Waals surface area contributed by atoms with Gasteiger partial charge in [0.05, 0.1) is 8.07 Å². The number of para-hydroxylation sites is 1. The number of rotatable bonds is 7. The van der Waals surface area contributed by atoms with Crippen molar-refractivity contribution in [3.63, 3.8) is 0 Å². The summed E-state index contributed by atoms with van der Waals surface area (Å²) < 4.78 is 3.12. The fraction of sp³-hybridized carbons (Fsp3) is 0.333. The van der Waals surface area contributed by atoms with Crippen molar-refractivity contribution in [1.29, 1.82) is 0 Å². The van der Waals surface area contributed by atoms with Crippen molar-refractivity contribution in [3.8, 4) is 16.8 Å². The van der Waals surface area contributed by atoms with Crippen LogP contribution in [-0.4, -0.2) is 12.6 Å². The summed E-state index contributed by atoms with van der Waals surface area (Å²) in [6, 6.07) is 29.3. The summed E-state index contributed by atoms with van der Waals surface area (Å²) in [7, 11) is -1.19. The Kier molecular flexibility index (Phi) is 11.3. The first-order valence-corrected chi connectivity index (χ1v) is 20.3. The van der Waals surface area contributed by atoms with Gasteiger partial charge in [-0.1, -0.05) is 50.2 Å². The Morgan fingerprint density at radius 2 is 1.50 bits per heavy atom. The van der Waals surface area contributed by atoms with Crippen LogP contribution in [0.2, 0.25) is 13.1 Å². The third-order valence-corrected chi connectivity index (χ3v) is 15.8. The number of hydrogen-bond donors (Lipinski definition) is 0.